The number of hydrogen-bond donors (Lipinski definition) is 1. The van der Waals surface area contributed by atoms with E-state index >= 15 is 0 Å². The van der Waals surface area contributed by atoms with E-state index in [9.17, 15) is 9.59 Å². The zero-order valence-electron chi connectivity index (χ0n) is 15.2. The highest BCUT2D eigenvalue weighted by atomic mass is 16.5. The number of carbonyl (C=O) groups excluding carboxylic acids is 2. The minimum Gasteiger partial charge on any atom is -0.484 e. The van der Waals surface area contributed by atoms with Crippen molar-refractivity contribution in [3.05, 3.63) is 29.8 Å². The summed E-state index contributed by atoms with van der Waals surface area (Å²) in [6.45, 7) is 1.63. The molecule has 0 aromatic heterocycles. The first kappa shape index (κ1) is 19.2. The van der Waals surface area contributed by atoms with Crippen LogP contribution in [0.2, 0.25) is 0 Å². The largest absolute Gasteiger partial charge is 0.484 e. The second kappa shape index (κ2) is 9.42. The smallest absolute Gasteiger partial charge is 0.260 e. The van der Waals surface area contributed by atoms with Gasteiger partial charge in [0.2, 0.25) is 5.91 Å². The molecule has 0 aliphatic heterocycles. The van der Waals surface area contributed by atoms with Gasteiger partial charge in [-0.3, -0.25) is 9.59 Å². The summed E-state index contributed by atoms with van der Waals surface area (Å²) in [7, 11) is 4.03. The van der Waals surface area contributed by atoms with Gasteiger partial charge in [-0.1, -0.05) is 25.0 Å². The van der Waals surface area contributed by atoms with Gasteiger partial charge in [0.15, 0.2) is 6.61 Å². The van der Waals surface area contributed by atoms with Gasteiger partial charge in [0, 0.05) is 19.1 Å². The maximum absolute atomic E-state index is 12.6. The summed E-state index contributed by atoms with van der Waals surface area (Å²) < 4.78 is 5.65. The monoisotopic (exact) mass is 347 g/mol. The van der Waals surface area contributed by atoms with Crippen molar-refractivity contribution in [2.24, 2.45) is 5.73 Å². The molecule has 6 heteroatoms. The van der Waals surface area contributed by atoms with Gasteiger partial charge in [-0.2, -0.15) is 0 Å². The van der Waals surface area contributed by atoms with Crippen LogP contribution in [-0.4, -0.2) is 61.4 Å². The van der Waals surface area contributed by atoms with E-state index < -0.39 is 0 Å². The molecule has 0 heterocycles. The Labute approximate surface area is 149 Å². The topological polar surface area (TPSA) is 75.9 Å². The number of nitrogens with two attached hydrogens (primary N) is 1. The number of hydrogen-bond acceptors (Lipinski definition) is 4. The van der Waals surface area contributed by atoms with Crippen molar-refractivity contribution in [1.82, 2.24) is 9.80 Å². The lowest BCUT2D eigenvalue weighted by Crippen LogP contribution is -2.44. The number of ether oxygens (including phenoxy) is 1. The molecule has 2 rings (SSSR count). The molecule has 0 bridgehead atoms. The Kier molecular flexibility index (Phi) is 7.25. The van der Waals surface area contributed by atoms with Crippen LogP contribution >= 0.6 is 0 Å². The molecule has 0 atom stereocenters. The van der Waals surface area contributed by atoms with Crippen LogP contribution in [-0.2, 0) is 16.0 Å². The fourth-order valence-electron chi connectivity index (χ4n) is 3.17. The third kappa shape index (κ3) is 6.38. The van der Waals surface area contributed by atoms with Gasteiger partial charge in [-0.15, -0.1) is 0 Å². The third-order valence-electron chi connectivity index (χ3n) is 4.54. The zero-order valence-corrected chi connectivity index (χ0v) is 15.2. The number of amides is 2. The molecule has 1 aromatic rings. The van der Waals surface area contributed by atoms with E-state index in [1.54, 1.807) is 24.3 Å². The highest BCUT2D eigenvalue weighted by molar-refractivity contribution is 5.78. The average molecular weight is 347 g/mol. The number of nitrogens with zero attached hydrogens (tertiary/aromatic N) is 2. The summed E-state index contributed by atoms with van der Waals surface area (Å²) in [5.41, 5.74) is 6.02. The van der Waals surface area contributed by atoms with Crippen LogP contribution in [0, 0.1) is 0 Å². The molecule has 1 aliphatic carbocycles. The van der Waals surface area contributed by atoms with Crippen molar-refractivity contribution in [3.8, 4) is 5.75 Å². The Morgan fingerprint density at radius 2 is 1.76 bits per heavy atom. The van der Waals surface area contributed by atoms with Crippen molar-refractivity contribution >= 4 is 11.8 Å². The predicted octanol–water partition coefficient (Wildman–Crippen LogP) is 1.43. The number of benzene rings is 1. The van der Waals surface area contributed by atoms with Crippen molar-refractivity contribution in [1.29, 1.82) is 0 Å². The molecular formula is C19H29N3O3. The summed E-state index contributed by atoms with van der Waals surface area (Å²) in [4.78, 5) is 27.6. The van der Waals surface area contributed by atoms with E-state index in [1.807, 2.05) is 19.0 Å². The maximum atomic E-state index is 12.6. The third-order valence-corrected chi connectivity index (χ3v) is 4.54. The SMILES string of the molecule is CN(C)CCN(C(=O)COc1ccc(CC(N)=O)cc1)C1CCCC1. The van der Waals surface area contributed by atoms with Crippen LogP contribution in [0.5, 0.6) is 5.75 Å². The van der Waals surface area contributed by atoms with Crippen molar-refractivity contribution < 1.29 is 14.3 Å². The Morgan fingerprint density at radius 3 is 2.32 bits per heavy atom. The molecule has 0 unspecified atom stereocenters. The normalized spacial score (nSPS) is 14.7. The van der Waals surface area contributed by atoms with E-state index in [0.717, 1.165) is 31.5 Å². The molecule has 0 radical (unpaired) electrons. The van der Waals surface area contributed by atoms with Gasteiger partial charge in [0.05, 0.1) is 6.42 Å². The minimum absolute atomic E-state index is 0.0370. The number of carbonyl (C=O) groups is 2. The molecule has 0 spiro atoms. The fraction of sp³-hybridized carbons (Fsp3) is 0.579. The van der Waals surface area contributed by atoms with Gasteiger partial charge >= 0.3 is 0 Å². The molecule has 25 heavy (non-hydrogen) atoms. The molecule has 6 nitrogen and oxygen atoms in total. The summed E-state index contributed by atoms with van der Waals surface area (Å²) in [5.74, 6) is 0.299. The van der Waals surface area contributed by atoms with Gasteiger partial charge in [-0.05, 0) is 44.6 Å². The Morgan fingerprint density at radius 1 is 1.12 bits per heavy atom. The van der Waals surface area contributed by atoms with E-state index in [4.69, 9.17) is 10.5 Å². The highest BCUT2D eigenvalue weighted by Crippen LogP contribution is 2.23. The average Bonchev–Trinajstić information content (AvgIpc) is 3.08. The molecule has 2 amide bonds. The summed E-state index contributed by atoms with van der Waals surface area (Å²) in [5, 5.41) is 0. The van der Waals surface area contributed by atoms with Gasteiger partial charge in [0.25, 0.3) is 5.91 Å². The molecule has 1 fully saturated rings. The summed E-state index contributed by atoms with van der Waals surface area (Å²) >= 11 is 0. The lowest BCUT2D eigenvalue weighted by molar-refractivity contribution is -0.135. The number of rotatable bonds is 9. The Hall–Kier alpha value is -2.08. The lowest BCUT2D eigenvalue weighted by Gasteiger charge is -2.30. The van der Waals surface area contributed by atoms with Crippen LogP contribution in [0.4, 0.5) is 0 Å². The van der Waals surface area contributed by atoms with Crippen molar-refractivity contribution in [3.63, 3.8) is 0 Å². The molecule has 0 saturated heterocycles. The van der Waals surface area contributed by atoms with Crippen LogP contribution in [0.1, 0.15) is 31.2 Å². The van der Waals surface area contributed by atoms with Crippen LogP contribution in [0.3, 0.4) is 0 Å². The van der Waals surface area contributed by atoms with Gasteiger partial charge in [0.1, 0.15) is 5.75 Å². The molecule has 1 aliphatic rings. The van der Waals surface area contributed by atoms with Gasteiger partial charge < -0.3 is 20.3 Å². The minimum atomic E-state index is -0.364. The number of likely N-dealkylation sites (N-methyl/N-ethyl adjacent to an activating group) is 1. The Balaban J connectivity index is 1.89. The standard InChI is InChI=1S/C19H29N3O3/c1-21(2)11-12-22(16-5-3-4-6-16)19(24)14-25-17-9-7-15(8-10-17)13-18(20)23/h7-10,16H,3-6,11-14H2,1-2H3,(H2,20,23). The molecule has 138 valence electrons. The van der Waals surface area contributed by atoms with E-state index in [2.05, 4.69) is 4.90 Å². The fourth-order valence-corrected chi connectivity index (χ4v) is 3.17. The van der Waals surface area contributed by atoms with Crippen LogP contribution < -0.4 is 10.5 Å². The summed E-state index contributed by atoms with van der Waals surface area (Å²) in [6.07, 6.45) is 4.76. The first-order valence-corrected chi connectivity index (χ1v) is 8.90. The molecule has 2 N–H and O–H groups in total. The first-order chi connectivity index (χ1) is 12.0. The number of primary amides is 1. The summed E-state index contributed by atoms with van der Waals surface area (Å²) in [6, 6.07) is 7.47. The molecular weight excluding hydrogens is 318 g/mol. The maximum Gasteiger partial charge on any atom is 0.260 e. The van der Waals surface area contributed by atoms with E-state index in [0.29, 0.717) is 11.8 Å². The van der Waals surface area contributed by atoms with E-state index in [1.165, 1.54) is 12.8 Å². The second-order valence-corrected chi connectivity index (χ2v) is 6.90. The zero-order chi connectivity index (χ0) is 18.2. The molecule has 1 aromatic carbocycles. The second-order valence-electron chi connectivity index (χ2n) is 6.90. The lowest BCUT2D eigenvalue weighted by atomic mass is 10.1. The highest BCUT2D eigenvalue weighted by Gasteiger charge is 2.26. The van der Waals surface area contributed by atoms with Crippen molar-refractivity contribution in [2.75, 3.05) is 33.8 Å². The molecule has 1 saturated carbocycles. The van der Waals surface area contributed by atoms with E-state index in [-0.39, 0.29) is 24.8 Å². The van der Waals surface area contributed by atoms with Crippen LogP contribution in [0.25, 0.3) is 0 Å². The first-order valence-electron chi connectivity index (χ1n) is 8.90. The predicted molar refractivity (Wildman–Crippen MR) is 97.4 cm³/mol. The van der Waals surface area contributed by atoms with Crippen molar-refractivity contribution in [2.45, 2.75) is 38.1 Å². The van der Waals surface area contributed by atoms with Gasteiger partial charge in [-0.25, -0.2) is 0 Å². The van der Waals surface area contributed by atoms with Crippen LogP contribution in [0.15, 0.2) is 24.3 Å². The Bertz CT molecular complexity index is 566. The quantitative estimate of drug-likeness (QED) is 0.733.